The highest BCUT2D eigenvalue weighted by atomic mass is 28.4. The van der Waals surface area contributed by atoms with Crippen molar-refractivity contribution in [1.82, 2.24) is 10.2 Å². The number of nitrogens with one attached hydrogen (secondary N) is 1. The molecule has 10 heteroatoms. The molecule has 50 heavy (non-hydrogen) atoms. The Morgan fingerprint density at radius 1 is 0.940 bits per heavy atom. The average Bonchev–Trinajstić information content (AvgIpc) is 3.59. The van der Waals surface area contributed by atoms with Gasteiger partial charge >= 0.3 is 0 Å². The lowest BCUT2D eigenvalue weighted by atomic mass is 9.86. The number of rotatable bonds is 9. The molecule has 5 atom stereocenters. The predicted molar refractivity (Wildman–Crippen MR) is 198 cm³/mol. The monoisotopic (exact) mass is 696 g/mol. The minimum Gasteiger partial charge on any atom is -0.432 e. The quantitative estimate of drug-likeness (QED) is 0.275. The molecule has 3 aromatic carbocycles. The van der Waals surface area contributed by atoms with Gasteiger partial charge in [-0.05, 0) is 105 Å². The summed E-state index contributed by atoms with van der Waals surface area (Å²) in [6, 6.07) is 26.5. The van der Waals surface area contributed by atoms with Crippen molar-refractivity contribution >= 4 is 31.5 Å². The number of aliphatic hydroxyl groups excluding tert-OH is 1. The van der Waals surface area contributed by atoms with Crippen molar-refractivity contribution in [2.75, 3.05) is 36.2 Å². The van der Waals surface area contributed by atoms with Crippen molar-refractivity contribution in [3.8, 4) is 0 Å². The van der Waals surface area contributed by atoms with E-state index >= 15 is 0 Å². The van der Waals surface area contributed by atoms with Crippen molar-refractivity contribution in [3.63, 3.8) is 0 Å². The maximum Gasteiger partial charge on any atom is 0.254 e. The summed E-state index contributed by atoms with van der Waals surface area (Å²) in [7, 11) is -2.67. The third kappa shape index (κ3) is 6.64. The van der Waals surface area contributed by atoms with E-state index in [1.165, 1.54) is 11.1 Å². The van der Waals surface area contributed by atoms with Gasteiger partial charge < -0.3 is 29.8 Å². The first kappa shape index (κ1) is 34.9. The largest absolute Gasteiger partial charge is 0.432 e. The van der Waals surface area contributed by atoms with E-state index in [-0.39, 0.29) is 54.6 Å². The maximum atomic E-state index is 14.1. The van der Waals surface area contributed by atoms with Crippen LogP contribution in [0.15, 0.2) is 78.9 Å². The zero-order chi connectivity index (χ0) is 35.0. The molecule has 4 heterocycles. The summed E-state index contributed by atoms with van der Waals surface area (Å²) in [5, 5.41) is 13.6. The molecule has 4 aliphatic heterocycles. The maximum absolute atomic E-state index is 14.1. The van der Waals surface area contributed by atoms with Gasteiger partial charge in [0.2, 0.25) is 5.91 Å². The molecule has 9 nitrogen and oxygen atoms in total. The zero-order valence-electron chi connectivity index (χ0n) is 29.6. The number of hydrogen-bond acceptors (Lipinski definition) is 7. The van der Waals surface area contributed by atoms with Gasteiger partial charge in [-0.15, -0.1) is 0 Å². The van der Waals surface area contributed by atoms with Crippen LogP contribution in [-0.4, -0.2) is 85.1 Å². The van der Waals surface area contributed by atoms with Crippen LogP contribution in [-0.2, 0) is 33.7 Å². The Balaban J connectivity index is 1.01. The highest BCUT2D eigenvalue weighted by Gasteiger charge is 2.53. The fourth-order valence-corrected chi connectivity index (χ4v) is 11.9. The van der Waals surface area contributed by atoms with Crippen molar-refractivity contribution in [1.29, 1.82) is 0 Å². The minimum absolute atomic E-state index is 0.0243. The molecule has 0 unspecified atom stereocenters. The number of aliphatic hydroxyl groups is 1. The molecule has 0 aliphatic carbocycles. The van der Waals surface area contributed by atoms with E-state index in [0.717, 1.165) is 55.7 Å². The highest BCUT2D eigenvalue weighted by molar-refractivity contribution is 6.71. The number of piperidine rings is 1. The van der Waals surface area contributed by atoms with Crippen LogP contribution in [0.5, 0.6) is 0 Å². The van der Waals surface area contributed by atoms with Crippen molar-refractivity contribution in [2.45, 2.75) is 94.4 Å². The Morgan fingerprint density at radius 3 is 2.30 bits per heavy atom. The number of ether oxygens (including phenoxy) is 1. The van der Waals surface area contributed by atoms with Gasteiger partial charge in [0.1, 0.15) is 5.54 Å². The Labute approximate surface area is 297 Å². The van der Waals surface area contributed by atoms with E-state index in [4.69, 9.17) is 4.74 Å². The van der Waals surface area contributed by atoms with E-state index in [1.54, 1.807) is 0 Å². The van der Waals surface area contributed by atoms with Crippen LogP contribution in [0.4, 0.5) is 11.4 Å². The van der Waals surface area contributed by atoms with E-state index in [2.05, 4.69) is 65.7 Å². The molecule has 0 radical (unpaired) electrons. The van der Waals surface area contributed by atoms with Crippen molar-refractivity contribution in [2.24, 2.45) is 5.92 Å². The van der Waals surface area contributed by atoms with Crippen LogP contribution in [0.3, 0.4) is 0 Å². The van der Waals surface area contributed by atoms with E-state index < -0.39 is 13.9 Å². The van der Waals surface area contributed by atoms with Gasteiger partial charge in [0.15, 0.2) is 8.32 Å². The van der Waals surface area contributed by atoms with Crippen LogP contribution in [0, 0.1) is 5.92 Å². The molecule has 3 N–H and O–H groups in total. The second kappa shape index (κ2) is 14.2. The smallest absolute Gasteiger partial charge is 0.254 e. The molecule has 0 aromatic heterocycles. The summed E-state index contributed by atoms with van der Waals surface area (Å²) in [6.45, 7) is 8.65. The topological polar surface area (TPSA) is 106 Å². The molecular formula is C40H52N4O5Si. The van der Waals surface area contributed by atoms with E-state index in [9.17, 15) is 19.5 Å². The highest BCUT2D eigenvalue weighted by Crippen LogP contribution is 2.46. The number of aryl methyl sites for hydroxylation is 1. The number of nitrogens with zero attached hydrogens (tertiary/aromatic N) is 3. The Bertz CT molecular complexity index is 1660. The number of carbonyl (C=O) groups excluding carboxylic acids is 2. The fourth-order valence-electron chi connectivity index (χ4n) is 9.26. The van der Waals surface area contributed by atoms with Gasteiger partial charge in [0.25, 0.3) is 5.91 Å². The lowest BCUT2D eigenvalue weighted by Gasteiger charge is -2.39. The Hall–Kier alpha value is -3.54. The molecule has 3 aromatic rings. The summed E-state index contributed by atoms with van der Waals surface area (Å²) in [5.74, 6) is 0.260. The Morgan fingerprint density at radius 2 is 1.62 bits per heavy atom. The number of benzene rings is 3. The van der Waals surface area contributed by atoms with Gasteiger partial charge in [-0.2, -0.15) is 0 Å². The third-order valence-electron chi connectivity index (χ3n) is 11.9. The summed E-state index contributed by atoms with van der Waals surface area (Å²) in [5.41, 5.74) is 4.86. The van der Waals surface area contributed by atoms with Crippen molar-refractivity contribution in [3.05, 3.63) is 95.6 Å². The van der Waals surface area contributed by atoms with Crippen LogP contribution in [0.1, 0.15) is 49.3 Å². The molecule has 7 rings (SSSR count). The first-order valence-corrected chi connectivity index (χ1v) is 21.4. The Kier molecular flexibility index (Phi) is 9.93. The van der Waals surface area contributed by atoms with Crippen LogP contribution >= 0.6 is 0 Å². The molecule has 3 fully saturated rings. The minimum atomic E-state index is -2.67. The normalized spacial score (nSPS) is 26.5. The fraction of sp³-hybridized carbons (Fsp3) is 0.500. The first-order chi connectivity index (χ1) is 24.1. The van der Waals surface area contributed by atoms with Crippen LogP contribution in [0.2, 0.25) is 18.6 Å². The van der Waals surface area contributed by atoms with Gasteiger partial charge in [0.05, 0.1) is 37.9 Å². The number of hydrogen-bond donors (Lipinski definition) is 3. The summed E-state index contributed by atoms with van der Waals surface area (Å²) in [4.78, 5) is 45.3. The molecule has 0 bridgehead atoms. The van der Waals surface area contributed by atoms with E-state index in [0.29, 0.717) is 19.6 Å². The molecular weight excluding hydrogens is 645 g/mol. The number of fused-ring (bicyclic) bond motifs is 1. The number of anilines is 2. The average molecular weight is 697 g/mol. The predicted octanol–water partition coefficient (Wildman–Crippen LogP) is 4.86. The zero-order valence-corrected chi connectivity index (χ0v) is 30.6. The molecule has 3 saturated heterocycles. The second-order valence-corrected chi connectivity index (χ2v) is 19.4. The second-order valence-electron chi connectivity index (χ2n) is 15.4. The third-order valence-corrected chi connectivity index (χ3v) is 14.4. The summed E-state index contributed by atoms with van der Waals surface area (Å²) in [6.07, 6.45) is 3.55. The summed E-state index contributed by atoms with van der Waals surface area (Å²) >= 11 is 0. The lowest BCUT2D eigenvalue weighted by Crippen LogP contribution is -2.55. The van der Waals surface area contributed by atoms with Gasteiger partial charge in [-0.1, -0.05) is 61.5 Å². The number of carbonyl (C=O) groups is 2. The number of amides is 2. The molecule has 1 spiro atoms. The van der Waals surface area contributed by atoms with Gasteiger partial charge in [-0.3, -0.25) is 14.5 Å². The standard InChI is InChI=1S/C40H52N4O5Si/c1-28-35(49-36(38(28)50(2,3)48)24-37(46)42-25-31-10-8-7-9-30(31)23-34(42)26-45)18-15-29-13-16-32(17-14-29)43-27-44(33-11-5-4-6-12-33)40(39(43)47)19-21-41-22-20-40/h4-14,16-17,28,34-36,38,41,45,48H,15,18-27H2,1-3H3/t28-,34-,35+,36-,38+/m0/s1. The van der Waals surface area contributed by atoms with Gasteiger partial charge in [-0.25, -0.2) is 0 Å². The molecule has 4 aliphatic rings. The molecule has 266 valence electrons. The van der Waals surface area contributed by atoms with Crippen LogP contribution in [0.25, 0.3) is 0 Å². The summed E-state index contributed by atoms with van der Waals surface area (Å²) < 4.78 is 6.67. The first-order valence-electron chi connectivity index (χ1n) is 18.4. The van der Waals surface area contributed by atoms with E-state index in [1.807, 2.05) is 53.2 Å². The van der Waals surface area contributed by atoms with Crippen molar-refractivity contribution < 1.29 is 24.2 Å². The molecule has 2 amide bonds. The van der Waals surface area contributed by atoms with Crippen LogP contribution < -0.4 is 15.1 Å². The lowest BCUT2D eigenvalue weighted by molar-refractivity contribution is -0.138. The molecule has 0 saturated carbocycles. The SMILES string of the molecule is C[C@@H]1[C@@H]([Si](C)(C)O)[C@H](CC(=O)N2Cc3ccccc3C[C@H]2CO)O[C@@H]1CCc1ccc(N2CN(c3ccccc3)C3(CCNCC3)C2=O)cc1. The number of para-hydroxylation sites is 1. The van der Waals surface area contributed by atoms with Gasteiger partial charge in [0, 0.05) is 23.5 Å².